The second kappa shape index (κ2) is 10.5. The number of phosphoric acid groups is 1. The molecule has 0 spiro atoms. The molecule has 0 aliphatic heterocycles. The number of hydrogen-bond acceptors (Lipinski definition) is 7. The first-order chi connectivity index (χ1) is 12.2. The molecule has 0 fully saturated rings. The Hall–Kier alpha value is -1.78. The Balaban J connectivity index is 5.86. The van der Waals surface area contributed by atoms with Crippen molar-refractivity contribution in [2.45, 2.75) is 38.4 Å². The van der Waals surface area contributed by atoms with Crippen LogP contribution in [-0.4, -0.2) is 60.9 Å². The molecule has 0 bridgehead atoms. The third kappa shape index (κ3) is 10.8. The SMILES string of the molecule is CC(=O)N[C@@H](CCC(=O)O)[P@@](=O)(C[C@@H](CCC(=O)O)C(=O)O)OP(=O)(O)O. The normalized spacial score (nSPS) is 16.0. The van der Waals surface area contributed by atoms with Crippen LogP contribution in [0.15, 0.2) is 0 Å². The van der Waals surface area contributed by atoms with Gasteiger partial charge >= 0.3 is 25.7 Å². The summed E-state index contributed by atoms with van der Waals surface area (Å²) in [4.78, 5) is 62.1. The Morgan fingerprint density at radius 1 is 0.963 bits per heavy atom. The van der Waals surface area contributed by atoms with E-state index in [9.17, 15) is 33.4 Å². The van der Waals surface area contributed by atoms with E-state index >= 15 is 0 Å². The van der Waals surface area contributed by atoms with Crippen molar-refractivity contribution < 1.29 is 57.7 Å². The fourth-order valence-electron chi connectivity index (χ4n) is 2.16. The summed E-state index contributed by atoms with van der Waals surface area (Å²) >= 11 is 0. The van der Waals surface area contributed by atoms with Crippen molar-refractivity contribution in [2.24, 2.45) is 5.92 Å². The van der Waals surface area contributed by atoms with Crippen LogP contribution >= 0.6 is 15.2 Å². The van der Waals surface area contributed by atoms with Gasteiger partial charge in [0.2, 0.25) is 13.3 Å². The lowest BCUT2D eigenvalue weighted by atomic mass is 10.1. The molecule has 15 heteroatoms. The molecule has 6 N–H and O–H groups in total. The minimum absolute atomic E-state index is 0.523. The fourth-order valence-corrected chi connectivity index (χ4v) is 6.43. The molecule has 0 radical (unpaired) electrons. The second-order valence-electron chi connectivity index (χ2n) is 5.60. The minimum Gasteiger partial charge on any atom is -0.481 e. The molecule has 13 nitrogen and oxygen atoms in total. The van der Waals surface area contributed by atoms with Gasteiger partial charge in [-0.05, 0) is 12.8 Å². The quantitative estimate of drug-likeness (QED) is 0.215. The average Bonchev–Trinajstić information content (AvgIpc) is 2.44. The van der Waals surface area contributed by atoms with Crippen molar-refractivity contribution in [1.29, 1.82) is 0 Å². The van der Waals surface area contributed by atoms with Crippen LogP contribution in [0.2, 0.25) is 0 Å². The molecule has 0 aliphatic rings. The van der Waals surface area contributed by atoms with Gasteiger partial charge in [-0.3, -0.25) is 23.7 Å². The molecule has 0 aromatic heterocycles. The summed E-state index contributed by atoms with van der Waals surface area (Å²) in [5.74, 6) is -8.45. The molecule has 0 aromatic rings. The monoisotopic (exact) mass is 433 g/mol. The summed E-state index contributed by atoms with van der Waals surface area (Å²) in [6.07, 6.45) is -3.38. The second-order valence-corrected chi connectivity index (χ2v) is 9.67. The Morgan fingerprint density at radius 3 is 1.81 bits per heavy atom. The summed E-state index contributed by atoms with van der Waals surface area (Å²) < 4.78 is 28.6. The molecule has 156 valence electrons. The number of hydrogen-bond donors (Lipinski definition) is 6. The van der Waals surface area contributed by atoms with Crippen molar-refractivity contribution in [1.82, 2.24) is 5.32 Å². The van der Waals surface area contributed by atoms with Crippen LogP contribution in [0.3, 0.4) is 0 Å². The van der Waals surface area contributed by atoms with Crippen LogP contribution in [0.5, 0.6) is 0 Å². The van der Waals surface area contributed by atoms with Gasteiger partial charge in [0.05, 0.1) is 5.92 Å². The number of rotatable bonds is 13. The van der Waals surface area contributed by atoms with Gasteiger partial charge in [-0.15, -0.1) is 0 Å². The Bertz CT molecular complexity index is 671. The molecule has 27 heavy (non-hydrogen) atoms. The predicted molar refractivity (Wildman–Crippen MR) is 88.1 cm³/mol. The zero-order chi connectivity index (χ0) is 21.4. The van der Waals surface area contributed by atoms with Crippen molar-refractivity contribution >= 4 is 39.0 Å². The topological polar surface area (TPSA) is 225 Å². The lowest BCUT2D eigenvalue weighted by Crippen LogP contribution is -2.36. The molecule has 0 saturated heterocycles. The number of nitrogens with one attached hydrogen (secondary N) is 1. The maximum atomic E-state index is 13.1. The van der Waals surface area contributed by atoms with E-state index < -0.39 is 82.6 Å². The van der Waals surface area contributed by atoms with Gasteiger partial charge in [-0.25, -0.2) is 8.88 Å². The van der Waals surface area contributed by atoms with Gasteiger partial charge in [-0.2, -0.15) is 0 Å². The maximum absolute atomic E-state index is 13.1. The Kier molecular flexibility index (Phi) is 9.83. The van der Waals surface area contributed by atoms with Crippen LogP contribution in [0.25, 0.3) is 0 Å². The van der Waals surface area contributed by atoms with Gasteiger partial charge in [0.25, 0.3) is 0 Å². The van der Waals surface area contributed by atoms with E-state index in [-0.39, 0.29) is 0 Å². The van der Waals surface area contributed by atoms with Crippen molar-refractivity contribution in [3.63, 3.8) is 0 Å². The van der Waals surface area contributed by atoms with Crippen molar-refractivity contribution in [2.75, 3.05) is 6.16 Å². The highest BCUT2D eigenvalue weighted by molar-refractivity contribution is 7.68. The van der Waals surface area contributed by atoms with Gasteiger partial charge in [0.1, 0.15) is 5.78 Å². The first kappa shape index (κ1) is 25.2. The summed E-state index contributed by atoms with van der Waals surface area (Å²) in [5.41, 5.74) is 0. The van der Waals surface area contributed by atoms with Crippen LogP contribution in [0, 0.1) is 5.92 Å². The third-order valence-corrected chi connectivity index (χ3v) is 7.50. The Labute approximate surface area is 153 Å². The molecule has 0 saturated carbocycles. The number of carbonyl (C=O) groups excluding carboxylic acids is 1. The van der Waals surface area contributed by atoms with Crippen LogP contribution < -0.4 is 5.32 Å². The van der Waals surface area contributed by atoms with Gasteiger partial charge < -0.3 is 30.4 Å². The van der Waals surface area contributed by atoms with E-state index in [4.69, 9.17) is 20.0 Å². The van der Waals surface area contributed by atoms with Crippen LogP contribution in [0.1, 0.15) is 32.6 Å². The lowest BCUT2D eigenvalue weighted by Gasteiger charge is -2.29. The first-order valence-electron chi connectivity index (χ1n) is 7.45. The Morgan fingerprint density at radius 2 is 1.44 bits per heavy atom. The highest BCUT2D eigenvalue weighted by Crippen LogP contribution is 2.63. The van der Waals surface area contributed by atoms with Crippen molar-refractivity contribution in [3.05, 3.63) is 0 Å². The van der Waals surface area contributed by atoms with Crippen LogP contribution in [0.4, 0.5) is 0 Å². The predicted octanol–water partition coefficient (Wildman–Crippen LogP) is 0.266. The van der Waals surface area contributed by atoms with E-state index in [1.54, 1.807) is 0 Å². The smallest absolute Gasteiger partial charge is 0.475 e. The molecular weight excluding hydrogens is 412 g/mol. The van der Waals surface area contributed by atoms with E-state index in [0.29, 0.717) is 0 Å². The molecule has 0 aromatic carbocycles. The molecule has 3 atom stereocenters. The molecular formula is C12H21NO12P2. The molecule has 0 unspecified atom stereocenters. The summed E-state index contributed by atoms with van der Waals surface area (Å²) in [7, 11) is -10.1. The van der Waals surface area contributed by atoms with Crippen molar-refractivity contribution in [3.8, 4) is 0 Å². The first-order valence-corrected chi connectivity index (χ1v) is 10.9. The standard InChI is InChI=1S/C12H21NO12P2/c1-7(14)13-9(3-5-11(17)18)26(21,25-27(22,23)24)6-8(12(19)20)2-4-10(15)16/h8-9H,2-6H2,1H3,(H,13,14)(H,15,16)(H,17,18)(H,19,20)(H2,22,23,24)/t8-,9-,26-/m1/s1. The summed E-state index contributed by atoms with van der Waals surface area (Å²) in [6, 6.07) is 0. The maximum Gasteiger partial charge on any atom is 0.475 e. The number of carboxylic acid groups (broad SMARTS) is 3. The third-order valence-electron chi connectivity index (χ3n) is 3.25. The van der Waals surface area contributed by atoms with E-state index in [1.165, 1.54) is 0 Å². The number of amides is 1. The van der Waals surface area contributed by atoms with E-state index in [2.05, 4.69) is 9.63 Å². The summed E-state index contributed by atoms with van der Waals surface area (Å²) in [6.45, 7) is 0.967. The molecule has 0 heterocycles. The zero-order valence-electron chi connectivity index (χ0n) is 14.2. The zero-order valence-corrected chi connectivity index (χ0v) is 16.0. The minimum atomic E-state index is -5.43. The largest absolute Gasteiger partial charge is 0.481 e. The van der Waals surface area contributed by atoms with E-state index in [1.807, 2.05) is 0 Å². The molecule has 0 aliphatic carbocycles. The van der Waals surface area contributed by atoms with Gasteiger partial charge in [0.15, 0.2) is 0 Å². The molecule has 0 rings (SSSR count). The van der Waals surface area contributed by atoms with Gasteiger partial charge in [-0.1, -0.05) is 0 Å². The summed E-state index contributed by atoms with van der Waals surface area (Å²) in [5, 5.41) is 28.7. The highest BCUT2D eigenvalue weighted by atomic mass is 31.3. The number of carboxylic acids is 3. The van der Waals surface area contributed by atoms with E-state index in [0.717, 1.165) is 6.92 Å². The average molecular weight is 433 g/mol. The number of carbonyl (C=O) groups is 4. The highest BCUT2D eigenvalue weighted by Gasteiger charge is 2.44. The fraction of sp³-hybridized carbons (Fsp3) is 0.667. The number of aliphatic carboxylic acids is 3. The van der Waals surface area contributed by atoms with Gasteiger partial charge in [0, 0.05) is 25.9 Å². The lowest BCUT2D eigenvalue weighted by molar-refractivity contribution is -0.142. The van der Waals surface area contributed by atoms with Crippen LogP contribution in [-0.2, 0) is 32.6 Å². The molecule has 1 amide bonds.